The van der Waals surface area contributed by atoms with E-state index in [1.807, 2.05) is 36.4 Å². The number of benzene rings is 3. The Morgan fingerprint density at radius 3 is 2.36 bits per heavy atom. The molecule has 0 radical (unpaired) electrons. The van der Waals surface area contributed by atoms with Gasteiger partial charge in [-0.25, -0.2) is 0 Å². The fourth-order valence-electron chi connectivity index (χ4n) is 11.6. The molecule has 9 rings (SSSR count). The highest BCUT2D eigenvalue weighted by atomic mass is 32.1. The van der Waals surface area contributed by atoms with Gasteiger partial charge in [0.25, 0.3) is 11.8 Å². The second kappa shape index (κ2) is 24.8. The molecule has 81 heavy (non-hydrogen) atoms. The van der Waals surface area contributed by atoms with Crippen molar-refractivity contribution in [2.75, 3.05) is 13.1 Å². The number of hydrogen-bond donors (Lipinski definition) is 7. The fraction of sp³-hybridized carbons (Fsp3) is 0.456. The van der Waals surface area contributed by atoms with Crippen molar-refractivity contribution in [3.05, 3.63) is 105 Å². The van der Waals surface area contributed by atoms with Crippen LogP contribution in [0.5, 0.6) is 0 Å². The van der Waals surface area contributed by atoms with E-state index in [1.54, 1.807) is 17.0 Å². The molecule has 5 aliphatic heterocycles. The van der Waals surface area contributed by atoms with E-state index in [0.717, 1.165) is 41.0 Å². The van der Waals surface area contributed by atoms with Gasteiger partial charge in [-0.05, 0) is 111 Å². The minimum absolute atomic E-state index is 0.0520. The van der Waals surface area contributed by atoms with Gasteiger partial charge in [0.15, 0.2) is 0 Å². The van der Waals surface area contributed by atoms with Crippen LogP contribution in [-0.4, -0.2) is 127 Å². The maximum absolute atomic E-state index is 14.5. The summed E-state index contributed by atoms with van der Waals surface area (Å²) in [6.45, 7) is 1.04. The molecule has 0 aliphatic carbocycles. The minimum Gasteiger partial charge on any atom is -0.370 e. The van der Waals surface area contributed by atoms with E-state index < -0.39 is 84.5 Å². The fourth-order valence-corrected chi connectivity index (χ4v) is 13.0. The van der Waals surface area contributed by atoms with Crippen molar-refractivity contribution in [2.45, 2.75) is 145 Å². The summed E-state index contributed by atoms with van der Waals surface area (Å²) in [5.74, 6) is 1.91. The molecule has 0 spiro atoms. The van der Waals surface area contributed by atoms with Gasteiger partial charge in [0.1, 0.15) is 30.2 Å². The molecular formula is C57H63F2N8O12PS. The lowest BCUT2D eigenvalue weighted by Crippen LogP contribution is -2.59. The van der Waals surface area contributed by atoms with Gasteiger partial charge in [-0.15, -0.1) is 11.3 Å². The van der Waals surface area contributed by atoms with Gasteiger partial charge >= 0.3 is 13.3 Å². The van der Waals surface area contributed by atoms with E-state index in [0.29, 0.717) is 73.9 Å². The third-order valence-corrected chi connectivity index (χ3v) is 18.1. The highest BCUT2D eigenvalue weighted by molar-refractivity contribution is 7.52. The molecule has 0 saturated carbocycles. The molecule has 4 fully saturated rings. The summed E-state index contributed by atoms with van der Waals surface area (Å²) < 4.78 is 41.0. The first kappa shape index (κ1) is 58.3. The van der Waals surface area contributed by atoms with E-state index in [4.69, 9.17) is 5.73 Å². The zero-order valence-electron chi connectivity index (χ0n) is 44.2. The topological polar surface area (TPSA) is 295 Å². The minimum atomic E-state index is -5.86. The van der Waals surface area contributed by atoms with Crippen LogP contribution in [0.25, 0.3) is 10.1 Å². The number of nitrogens with one attached hydrogen (secondary N) is 4. The van der Waals surface area contributed by atoms with Gasteiger partial charge in [0.05, 0.1) is 4.88 Å². The highest BCUT2D eigenvalue weighted by Crippen LogP contribution is 2.59. The Bertz CT molecular complexity index is 3260. The number of piperidine rings is 2. The Hall–Kier alpha value is -7.38. The molecule has 0 bridgehead atoms. The molecule has 9 amide bonds. The maximum Gasteiger partial charge on any atom is 0.399 e. The Labute approximate surface area is 469 Å². The summed E-state index contributed by atoms with van der Waals surface area (Å²) in [5.41, 5.74) is 2.85. The third-order valence-electron chi connectivity index (χ3n) is 16.0. The molecule has 6 atom stereocenters. The lowest BCUT2D eigenvalue weighted by molar-refractivity contribution is -0.143. The number of carbonyl (C=O) groups is 9. The molecule has 4 aromatic rings. The predicted molar refractivity (Wildman–Crippen MR) is 291 cm³/mol. The number of amides is 9. The number of fused-ring (bicyclic) bond motifs is 3. The quantitative estimate of drug-likeness (QED) is 0.0438. The van der Waals surface area contributed by atoms with Gasteiger partial charge in [-0.2, -0.15) is 8.78 Å². The van der Waals surface area contributed by atoms with Crippen molar-refractivity contribution in [3.8, 4) is 11.8 Å². The lowest BCUT2D eigenvalue weighted by Gasteiger charge is -2.36. The lowest BCUT2D eigenvalue weighted by atomic mass is 9.91. The summed E-state index contributed by atoms with van der Waals surface area (Å²) in [4.78, 5) is 144. The second-order valence-electron chi connectivity index (χ2n) is 21.4. The van der Waals surface area contributed by atoms with Gasteiger partial charge in [0.2, 0.25) is 41.4 Å². The molecular weight excluding hydrogens is 1090 g/mol. The molecule has 5 aliphatic rings. The van der Waals surface area contributed by atoms with E-state index in [1.165, 1.54) is 21.9 Å². The smallest absolute Gasteiger partial charge is 0.370 e. The van der Waals surface area contributed by atoms with E-state index in [-0.39, 0.29) is 91.4 Å². The number of imide groups is 1. The molecule has 3 aromatic carbocycles. The first-order valence-electron chi connectivity index (χ1n) is 27.2. The van der Waals surface area contributed by atoms with Crippen molar-refractivity contribution >= 4 is 82.2 Å². The number of primary amides is 1. The Balaban J connectivity index is 0.826. The van der Waals surface area contributed by atoms with E-state index >= 15 is 0 Å². The van der Waals surface area contributed by atoms with Crippen LogP contribution in [0.3, 0.4) is 0 Å². The van der Waals surface area contributed by atoms with Crippen molar-refractivity contribution in [1.82, 2.24) is 36.0 Å². The number of nitrogens with zero attached hydrogens (tertiary/aromatic N) is 3. The van der Waals surface area contributed by atoms with E-state index in [2.05, 4.69) is 33.1 Å². The number of alkyl halides is 2. The predicted octanol–water partition coefficient (Wildman–Crippen LogP) is 4.47. The zero-order chi connectivity index (χ0) is 57.8. The van der Waals surface area contributed by atoms with Crippen molar-refractivity contribution in [1.29, 1.82) is 0 Å². The number of carbonyl (C=O) groups excluding carboxylic acids is 9. The SMILES string of the molecule is NC(=O)CC[C@H](NC(=O)[C@@H]1CC[C@@H]2CCCC[C@H](NC(=O)c3cc4cc(C(F)(F)P(=O)(O)O)ccc4s3)C(=O)N21)C(=O)N[C@@H](Cc1ccccc1)C(=O)N1CCC(CCC#Cc2cccc3c2CN(C2CCC(=O)NC2=O)C3=O)CC1. The molecule has 1 unspecified atom stereocenters. The molecule has 4 saturated heterocycles. The average Bonchev–Trinajstić information content (AvgIpc) is 4.34. The first-order valence-corrected chi connectivity index (χ1v) is 29.7. The van der Waals surface area contributed by atoms with Crippen LogP contribution < -0.4 is 27.0 Å². The number of halogens is 2. The second-order valence-corrected chi connectivity index (χ2v) is 24.1. The molecule has 428 valence electrons. The Morgan fingerprint density at radius 1 is 0.877 bits per heavy atom. The number of hydrogen-bond acceptors (Lipinski definition) is 11. The van der Waals surface area contributed by atoms with Crippen molar-refractivity contribution in [3.63, 3.8) is 0 Å². The maximum atomic E-state index is 14.5. The van der Waals surface area contributed by atoms with Crippen LogP contribution >= 0.6 is 18.9 Å². The van der Waals surface area contributed by atoms with Crippen LogP contribution in [0.15, 0.2) is 72.8 Å². The first-order chi connectivity index (χ1) is 38.7. The summed E-state index contributed by atoms with van der Waals surface area (Å²) >= 11 is 0.935. The van der Waals surface area contributed by atoms with Gasteiger partial charge in [-0.1, -0.05) is 67.1 Å². The molecule has 8 N–H and O–H groups in total. The number of likely N-dealkylation sites (tertiary alicyclic amines) is 1. The summed E-state index contributed by atoms with van der Waals surface area (Å²) in [5, 5.41) is 10.9. The standard InChI is InChI=1S/C57H63F2N8O12PS/c58-57(59,80(77,78)79)37-17-22-46-36(30-37)31-47(81-46)53(73)62-42-16-7-6-14-38-18-20-45(67(38)56(42)76)52(72)61-41(19-23-48(60)68)50(70)63-43(29-34-10-2-1-3-11-34)55(75)65-27-25-33(26-28-65)9-4-5-12-35-13-8-15-39-40(35)32-66(54(39)74)44-21-24-49(69)64-51(44)71/h1-3,8,10-11,13,15,17,22,30-31,33,38,41-45H,4,6-7,9,14,16,18-21,23-29,32H2,(H2,60,68)(H,61,72)(H,62,73)(H,63,70)(H,64,69,71)(H2,77,78,79)/t38-,41-,42-,43-,44?,45-/m0/s1. The summed E-state index contributed by atoms with van der Waals surface area (Å²) in [6, 6.07) is 13.0. The normalized spacial score (nSPS) is 21.4. The van der Waals surface area contributed by atoms with Gasteiger partial charge in [0, 0.05) is 72.7 Å². The van der Waals surface area contributed by atoms with Crippen LogP contribution in [0.1, 0.15) is 132 Å². The summed E-state index contributed by atoms with van der Waals surface area (Å²) in [7, 11) is -5.86. The van der Waals surface area contributed by atoms with Crippen LogP contribution in [-0.2, 0) is 56.8 Å². The van der Waals surface area contributed by atoms with Crippen LogP contribution in [0.2, 0.25) is 0 Å². The average molecular weight is 1150 g/mol. The zero-order valence-corrected chi connectivity index (χ0v) is 45.9. The molecule has 24 heteroatoms. The molecule has 1 aromatic heterocycles. The third kappa shape index (κ3) is 13.2. The number of nitrogens with two attached hydrogens (primary N) is 1. The highest BCUT2D eigenvalue weighted by Gasteiger charge is 2.51. The summed E-state index contributed by atoms with van der Waals surface area (Å²) in [6.07, 6.45) is 5.39. The molecule has 6 heterocycles. The van der Waals surface area contributed by atoms with Crippen molar-refractivity contribution < 1.29 is 66.3 Å². The number of thiophene rings is 1. The van der Waals surface area contributed by atoms with Gasteiger partial charge < -0.3 is 46.2 Å². The van der Waals surface area contributed by atoms with Gasteiger partial charge in [-0.3, -0.25) is 53.0 Å². The van der Waals surface area contributed by atoms with Crippen molar-refractivity contribution in [2.24, 2.45) is 11.7 Å². The Kier molecular flexibility index (Phi) is 17.8. The largest absolute Gasteiger partial charge is 0.399 e. The number of rotatable bonds is 17. The Morgan fingerprint density at radius 2 is 1.63 bits per heavy atom. The molecule has 20 nitrogen and oxygen atoms in total. The monoisotopic (exact) mass is 1150 g/mol. The van der Waals surface area contributed by atoms with Crippen LogP contribution in [0.4, 0.5) is 8.78 Å². The van der Waals surface area contributed by atoms with Crippen LogP contribution in [0, 0.1) is 17.8 Å². The van der Waals surface area contributed by atoms with E-state index in [9.17, 15) is 66.3 Å².